The lowest BCUT2D eigenvalue weighted by molar-refractivity contribution is -0.136. The zero-order valence-corrected chi connectivity index (χ0v) is 10.4. The summed E-state index contributed by atoms with van der Waals surface area (Å²) in [5.74, 6) is 0.0586. The molecular weight excluding hydrogens is 220 g/mol. The standard InChI is InChI=1S/C12H20N2O3/c1-3-5-13(11(2)15)6-4-12(16)14-7-9-17-10-8-14/h3H,1,4-10H2,2H3. The molecule has 1 saturated heterocycles. The highest BCUT2D eigenvalue weighted by Gasteiger charge is 2.17. The molecule has 2 amide bonds. The number of rotatable bonds is 5. The van der Waals surface area contributed by atoms with E-state index in [1.54, 1.807) is 15.9 Å². The van der Waals surface area contributed by atoms with Crippen molar-refractivity contribution in [2.45, 2.75) is 13.3 Å². The predicted octanol–water partition coefficient (Wildman–Crippen LogP) is 0.270. The number of ether oxygens (including phenoxy) is 1. The van der Waals surface area contributed by atoms with Gasteiger partial charge in [-0.25, -0.2) is 0 Å². The normalized spacial score (nSPS) is 15.5. The number of carbonyl (C=O) groups is 2. The van der Waals surface area contributed by atoms with E-state index in [9.17, 15) is 9.59 Å². The van der Waals surface area contributed by atoms with Crippen LogP contribution in [-0.4, -0.2) is 61.0 Å². The maximum Gasteiger partial charge on any atom is 0.224 e. The predicted molar refractivity (Wildman–Crippen MR) is 64.5 cm³/mol. The Balaban J connectivity index is 2.34. The Morgan fingerprint density at radius 1 is 1.41 bits per heavy atom. The van der Waals surface area contributed by atoms with Crippen molar-refractivity contribution in [3.63, 3.8) is 0 Å². The molecule has 0 radical (unpaired) electrons. The Hall–Kier alpha value is -1.36. The number of hydrogen-bond acceptors (Lipinski definition) is 3. The average Bonchev–Trinajstić information content (AvgIpc) is 2.34. The molecule has 5 nitrogen and oxygen atoms in total. The summed E-state index contributed by atoms with van der Waals surface area (Å²) in [6, 6.07) is 0. The van der Waals surface area contributed by atoms with Gasteiger partial charge >= 0.3 is 0 Å². The average molecular weight is 240 g/mol. The SMILES string of the molecule is C=CCN(CCC(=O)N1CCOCC1)C(C)=O. The van der Waals surface area contributed by atoms with E-state index in [2.05, 4.69) is 6.58 Å². The van der Waals surface area contributed by atoms with Crippen LogP contribution >= 0.6 is 0 Å². The summed E-state index contributed by atoms with van der Waals surface area (Å²) < 4.78 is 5.18. The van der Waals surface area contributed by atoms with Crippen molar-refractivity contribution in [1.29, 1.82) is 0 Å². The molecule has 0 N–H and O–H groups in total. The molecule has 0 unspecified atom stereocenters. The number of carbonyl (C=O) groups excluding carboxylic acids is 2. The van der Waals surface area contributed by atoms with Crippen molar-refractivity contribution in [1.82, 2.24) is 9.80 Å². The first kappa shape index (κ1) is 13.7. The van der Waals surface area contributed by atoms with Crippen LogP contribution in [0.5, 0.6) is 0 Å². The Kier molecular flexibility index (Phi) is 5.69. The monoisotopic (exact) mass is 240 g/mol. The number of hydrogen-bond donors (Lipinski definition) is 0. The zero-order valence-electron chi connectivity index (χ0n) is 10.4. The van der Waals surface area contributed by atoms with Gasteiger partial charge in [0.05, 0.1) is 13.2 Å². The first-order valence-electron chi connectivity index (χ1n) is 5.87. The van der Waals surface area contributed by atoms with Crippen LogP contribution in [0.2, 0.25) is 0 Å². The highest BCUT2D eigenvalue weighted by atomic mass is 16.5. The van der Waals surface area contributed by atoms with Gasteiger partial charge < -0.3 is 14.5 Å². The van der Waals surface area contributed by atoms with E-state index in [0.717, 1.165) is 0 Å². The van der Waals surface area contributed by atoms with Gasteiger partial charge in [0.1, 0.15) is 0 Å². The van der Waals surface area contributed by atoms with E-state index in [4.69, 9.17) is 4.74 Å². The summed E-state index contributed by atoms with van der Waals surface area (Å²) in [5.41, 5.74) is 0. The van der Waals surface area contributed by atoms with E-state index in [-0.39, 0.29) is 11.8 Å². The van der Waals surface area contributed by atoms with E-state index in [0.29, 0.717) is 45.8 Å². The van der Waals surface area contributed by atoms with Gasteiger partial charge in [-0.1, -0.05) is 6.08 Å². The Morgan fingerprint density at radius 2 is 2.06 bits per heavy atom. The Labute approximate surface area is 102 Å². The van der Waals surface area contributed by atoms with Crippen molar-refractivity contribution < 1.29 is 14.3 Å². The second-order valence-electron chi connectivity index (χ2n) is 4.00. The second-order valence-corrected chi connectivity index (χ2v) is 4.00. The largest absolute Gasteiger partial charge is 0.378 e. The number of nitrogens with zero attached hydrogens (tertiary/aromatic N) is 2. The summed E-state index contributed by atoms with van der Waals surface area (Å²) in [4.78, 5) is 26.5. The fraction of sp³-hybridized carbons (Fsp3) is 0.667. The molecule has 1 aliphatic heterocycles. The quantitative estimate of drug-likeness (QED) is 0.648. The van der Waals surface area contributed by atoms with E-state index in [1.165, 1.54) is 6.92 Å². The van der Waals surface area contributed by atoms with E-state index >= 15 is 0 Å². The van der Waals surface area contributed by atoms with Crippen LogP contribution in [0, 0.1) is 0 Å². The molecule has 1 aliphatic rings. The molecule has 0 aromatic rings. The van der Waals surface area contributed by atoms with E-state index < -0.39 is 0 Å². The molecule has 0 aromatic carbocycles. The fourth-order valence-corrected chi connectivity index (χ4v) is 1.73. The molecule has 5 heteroatoms. The summed E-state index contributed by atoms with van der Waals surface area (Å²) in [7, 11) is 0. The molecule has 0 saturated carbocycles. The van der Waals surface area contributed by atoms with Crippen LogP contribution in [0.4, 0.5) is 0 Å². The summed E-state index contributed by atoms with van der Waals surface area (Å²) >= 11 is 0. The minimum Gasteiger partial charge on any atom is -0.378 e. The van der Waals surface area contributed by atoms with Crippen molar-refractivity contribution >= 4 is 11.8 Å². The maximum atomic E-state index is 11.8. The van der Waals surface area contributed by atoms with Gasteiger partial charge in [0.25, 0.3) is 0 Å². The maximum absolute atomic E-state index is 11.8. The van der Waals surface area contributed by atoms with E-state index in [1.807, 2.05) is 0 Å². The van der Waals surface area contributed by atoms with Crippen LogP contribution in [0.1, 0.15) is 13.3 Å². The number of amides is 2. The third-order valence-electron chi connectivity index (χ3n) is 2.75. The van der Waals surface area contributed by atoms with Gasteiger partial charge in [-0.05, 0) is 0 Å². The molecule has 0 aromatic heterocycles. The minimum atomic E-state index is -0.0281. The van der Waals surface area contributed by atoms with Gasteiger partial charge in [0.15, 0.2) is 0 Å². The van der Waals surface area contributed by atoms with Crippen LogP contribution in [0.15, 0.2) is 12.7 Å². The van der Waals surface area contributed by atoms with Crippen LogP contribution in [0.3, 0.4) is 0 Å². The lowest BCUT2D eigenvalue weighted by Gasteiger charge is -2.28. The summed E-state index contributed by atoms with van der Waals surface area (Å²) in [5, 5.41) is 0. The van der Waals surface area contributed by atoms with Crippen LogP contribution in [-0.2, 0) is 14.3 Å². The third-order valence-corrected chi connectivity index (χ3v) is 2.75. The minimum absolute atomic E-state index is 0.0281. The molecule has 96 valence electrons. The van der Waals surface area contributed by atoms with Crippen LogP contribution < -0.4 is 0 Å². The second kappa shape index (κ2) is 7.06. The molecule has 0 bridgehead atoms. The van der Waals surface area contributed by atoms with Gasteiger partial charge in [0.2, 0.25) is 11.8 Å². The third kappa shape index (κ3) is 4.56. The first-order chi connectivity index (χ1) is 8.15. The van der Waals surface area contributed by atoms with Crippen molar-refractivity contribution in [2.75, 3.05) is 39.4 Å². The topological polar surface area (TPSA) is 49.9 Å². The van der Waals surface area contributed by atoms with Crippen molar-refractivity contribution in [2.24, 2.45) is 0 Å². The highest BCUT2D eigenvalue weighted by Crippen LogP contribution is 2.02. The Bertz CT molecular complexity index is 285. The van der Waals surface area contributed by atoms with Crippen molar-refractivity contribution in [3.8, 4) is 0 Å². The summed E-state index contributed by atoms with van der Waals surface area (Å²) in [6.07, 6.45) is 2.04. The lowest BCUT2D eigenvalue weighted by Crippen LogP contribution is -2.42. The summed E-state index contributed by atoms with van der Waals surface area (Å²) in [6.45, 7) is 8.56. The van der Waals surface area contributed by atoms with Crippen LogP contribution in [0.25, 0.3) is 0 Å². The fourth-order valence-electron chi connectivity index (χ4n) is 1.73. The first-order valence-corrected chi connectivity index (χ1v) is 5.87. The lowest BCUT2D eigenvalue weighted by atomic mass is 10.3. The smallest absolute Gasteiger partial charge is 0.224 e. The molecule has 1 heterocycles. The zero-order chi connectivity index (χ0) is 12.7. The number of morpholine rings is 1. The molecule has 17 heavy (non-hydrogen) atoms. The molecule has 0 aliphatic carbocycles. The van der Waals surface area contributed by atoms with Gasteiger partial charge in [0, 0.05) is 39.5 Å². The molecule has 1 rings (SSSR count). The van der Waals surface area contributed by atoms with Gasteiger partial charge in [-0.15, -0.1) is 6.58 Å². The molecule has 1 fully saturated rings. The molecular formula is C12H20N2O3. The Morgan fingerprint density at radius 3 is 2.59 bits per heavy atom. The molecule has 0 spiro atoms. The van der Waals surface area contributed by atoms with Crippen molar-refractivity contribution in [3.05, 3.63) is 12.7 Å². The van der Waals surface area contributed by atoms with Gasteiger partial charge in [-0.2, -0.15) is 0 Å². The molecule has 0 atom stereocenters. The van der Waals surface area contributed by atoms with Gasteiger partial charge in [-0.3, -0.25) is 9.59 Å². The highest BCUT2D eigenvalue weighted by molar-refractivity contribution is 5.78.